The topological polar surface area (TPSA) is 83.6 Å². The van der Waals surface area contributed by atoms with Gasteiger partial charge in [0.1, 0.15) is 6.04 Å². The molecule has 0 saturated carbocycles. The summed E-state index contributed by atoms with van der Waals surface area (Å²) in [7, 11) is -3.43. The second-order valence-electron chi connectivity index (χ2n) is 6.15. The highest BCUT2D eigenvalue weighted by atomic mass is 35.5. The van der Waals surface area contributed by atoms with Gasteiger partial charge in [-0.25, -0.2) is 8.42 Å². The van der Waals surface area contributed by atoms with Crippen molar-refractivity contribution in [3.63, 3.8) is 0 Å². The van der Waals surface area contributed by atoms with Crippen molar-refractivity contribution in [1.29, 1.82) is 0 Å². The molecular weight excluding hydrogens is 376 g/mol. The Labute approximate surface area is 156 Å². The van der Waals surface area contributed by atoms with Gasteiger partial charge in [0.05, 0.1) is 22.7 Å². The predicted octanol–water partition coefficient (Wildman–Crippen LogP) is 2.66. The van der Waals surface area contributed by atoms with Crippen molar-refractivity contribution in [2.45, 2.75) is 24.3 Å². The van der Waals surface area contributed by atoms with Crippen molar-refractivity contribution in [1.82, 2.24) is 0 Å². The van der Waals surface area contributed by atoms with Gasteiger partial charge >= 0.3 is 0 Å². The van der Waals surface area contributed by atoms with Crippen LogP contribution in [0, 0.1) is 0 Å². The van der Waals surface area contributed by atoms with E-state index < -0.39 is 15.9 Å². The SMILES string of the molecule is CC1C(=O)Nc2cc(S(C)(=O)=O)ccc2N1C(=O)Cc1ccccc1Cl. The molecule has 2 aromatic carbocycles. The third-order valence-electron chi connectivity index (χ3n) is 4.25. The van der Waals surface area contributed by atoms with E-state index in [4.69, 9.17) is 11.6 Å². The Balaban J connectivity index is 2.01. The molecule has 8 heteroatoms. The van der Waals surface area contributed by atoms with Crippen molar-refractivity contribution in [2.24, 2.45) is 0 Å². The number of carbonyl (C=O) groups excluding carboxylic acids is 2. The summed E-state index contributed by atoms with van der Waals surface area (Å²) < 4.78 is 23.5. The summed E-state index contributed by atoms with van der Waals surface area (Å²) in [4.78, 5) is 26.6. The van der Waals surface area contributed by atoms with Crippen molar-refractivity contribution in [2.75, 3.05) is 16.5 Å². The smallest absolute Gasteiger partial charge is 0.247 e. The van der Waals surface area contributed by atoms with Gasteiger partial charge in [-0.05, 0) is 36.8 Å². The summed E-state index contributed by atoms with van der Waals surface area (Å²) in [6, 6.07) is 10.6. The van der Waals surface area contributed by atoms with E-state index in [2.05, 4.69) is 5.32 Å². The van der Waals surface area contributed by atoms with E-state index in [0.717, 1.165) is 6.26 Å². The zero-order valence-electron chi connectivity index (χ0n) is 14.2. The number of sulfone groups is 1. The average molecular weight is 393 g/mol. The van der Waals surface area contributed by atoms with Crippen LogP contribution in [0.25, 0.3) is 0 Å². The number of nitrogens with zero attached hydrogens (tertiary/aromatic N) is 1. The number of hydrogen-bond acceptors (Lipinski definition) is 4. The molecule has 6 nitrogen and oxygen atoms in total. The molecule has 136 valence electrons. The standard InChI is InChI=1S/C18H17ClN2O4S/c1-11-18(23)20-15-10-13(26(2,24)25)7-8-16(15)21(11)17(22)9-12-5-3-4-6-14(12)19/h3-8,10-11H,9H2,1-2H3,(H,20,23). The molecule has 1 aliphatic rings. The molecule has 1 aliphatic heterocycles. The van der Waals surface area contributed by atoms with E-state index in [1.54, 1.807) is 31.2 Å². The fraction of sp³-hybridized carbons (Fsp3) is 0.222. The van der Waals surface area contributed by atoms with Crippen LogP contribution < -0.4 is 10.2 Å². The molecule has 0 radical (unpaired) electrons. The summed E-state index contributed by atoms with van der Waals surface area (Å²) in [6.07, 6.45) is 1.12. The first kappa shape index (κ1) is 18.4. The maximum atomic E-state index is 12.9. The monoisotopic (exact) mass is 392 g/mol. The van der Waals surface area contributed by atoms with E-state index in [1.165, 1.54) is 23.1 Å². The Morgan fingerprint density at radius 1 is 1.23 bits per heavy atom. The highest BCUT2D eigenvalue weighted by Gasteiger charge is 2.34. The zero-order valence-corrected chi connectivity index (χ0v) is 15.8. The molecule has 2 aromatic rings. The van der Waals surface area contributed by atoms with Gasteiger partial charge < -0.3 is 5.32 Å². The zero-order chi connectivity index (χ0) is 19.1. The normalized spacial score (nSPS) is 16.8. The number of fused-ring (bicyclic) bond motifs is 1. The lowest BCUT2D eigenvalue weighted by molar-refractivity contribution is -0.123. The van der Waals surface area contributed by atoms with Crippen molar-refractivity contribution in [3.8, 4) is 0 Å². The molecule has 26 heavy (non-hydrogen) atoms. The second kappa shape index (κ2) is 6.74. The third-order valence-corrected chi connectivity index (χ3v) is 5.73. The molecule has 1 heterocycles. The number of anilines is 2. The minimum atomic E-state index is -3.43. The van der Waals surface area contributed by atoms with Crippen LogP contribution in [0.1, 0.15) is 12.5 Å². The van der Waals surface area contributed by atoms with Gasteiger partial charge in [0.2, 0.25) is 11.8 Å². The number of carbonyl (C=O) groups is 2. The summed E-state index contributed by atoms with van der Waals surface area (Å²) in [5.74, 6) is -0.676. The van der Waals surface area contributed by atoms with Gasteiger partial charge in [0.25, 0.3) is 0 Å². The van der Waals surface area contributed by atoms with Crippen LogP contribution in [0.3, 0.4) is 0 Å². The van der Waals surface area contributed by atoms with Gasteiger partial charge in [0.15, 0.2) is 9.84 Å². The van der Waals surface area contributed by atoms with E-state index in [0.29, 0.717) is 22.0 Å². The lowest BCUT2D eigenvalue weighted by Crippen LogP contribution is -2.50. The van der Waals surface area contributed by atoms with Gasteiger partial charge in [0, 0.05) is 11.3 Å². The van der Waals surface area contributed by atoms with E-state index in [1.807, 2.05) is 0 Å². The van der Waals surface area contributed by atoms with Crippen LogP contribution in [0.4, 0.5) is 11.4 Å². The van der Waals surface area contributed by atoms with Crippen LogP contribution >= 0.6 is 11.6 Å². The third kappa shape index (κ3) is 3.45. The van der Waals surface area contributed by atoms with Crippen LogP contribution in [0.15, 0.2) is 47.4 Å². The molecular formula is C18H17ClN2O4S. The lowest BCUT2D eigenvalue weighted by atomic mass is 10.1. The molecule has 0 spiro atoms. The van der Waals surface area contributed by atoms with Crippen molar-refractivity contribution >= 4 is 44.6 Å². The summed E-state index contributed by atoms with van der Waals surface area (Å²) in [5, 5.41) is 3.13. The largest absolute Gasteiger partial charge is 0.322 e. The lowest BCUT2D eigenvalue weighted by Gasteiger charge is -2.35. The molecule has 0 saturated heterocycles. The molecule has 1 unspecified atom stereocenters. The molecule has 0 fully saturated rings. The Morgan fingerprint density at radius 2 is 1.92 bits per heavy atom. The Morgan fingerprint density at radius 3 is 2.58 bits per heavy atom. The van der Waals surface area contributed by atoms with Gasteiger partial charge in [-0.15, -0.1) is 0 Å². The number of amides is 2. The minimum absolute atomic E-state index is 0.0323. The number of benzene rings is 2. The fourth-order valence-electron chi connectivity index (χ4n) is 2.86. The van der Waals surface area contributed by atoms with Gasteiger partial charge in [-0.2, -0.15) is 0 Å². The van der Waals surface area contributed by atoms with E-state index in [-0.39, 0.29) is 23.1 Å². The highest BCUT2D eigenvalue weighted by Crippen LogP contribution is 2.34. The van der Waals surface area contributed by atoms with E-state index >= 15 is 0 Å². The molecule has 2 amide bonds. The van der Waals surface area contributed by atoms with Crippen molar-refractivity contribution in [3.05, 3.63) is 53.1 Å². The summed E-state index contributed by atoms with van der Waals surface area (Å²) in [5.41, 5.74) is 1.41. The number of halogens is 1. The Hall–Kier alpha value is -2.38. The molecule has 0 aliphatic carbocycles. The Bertz CT molecular complexity index is 1000. The van der Waals surface area contributed by atoms with Crippen molar-refractivity contribution < 1.29 is 18.0 Å². The van der Waals surface area contributed by atoms with Crippen LogP contribution in [0.5, 0.6) is 0 Å². The first-order valence-electron chi connectivity index (χ1n) is 7.89. The summed E-state index contributed by atoms with van der Waals surface area (Å²) in [6.45, 7) is 1.62. The molecule has 3 rings (SSSR count). The number of hydrogen-bond donors (Lipinski definition) is 1. The maximum absolute atomic E-state index is 12.9. The highest BCUT2D eigenvalue weighted by molar-refractivity contribution is 7.90. The fourth-order valence-corrected chi connectivity index (χ4v) is 3.71. The molecule has 1 atom stereocenters. The molecule has 0 aromatic heterocycles. The van der Waals surface area contributed by atoms with Gasteiger partial charge in [-0.1, -0.05) is 29.8 Å². The van der Waals surface area contributed by atoms with Crippen LogP contribution in [-0.4, -0.2) is 32.5 Å². The maximum Gasteiger partial charge on any atom is 0.247 e. The minimum Gasteiger partial charge on any atom is -0.322 e. The van der Waals surface area contributed by atoms with E-state index in [9.17, 15) is 18.0 Å². The second-order valence-corrected chi connectivity index (χ2v) is 8.57. The Kier molecular flexibility index (Phi) is 4.77. The molecule has 0 bridgehead atoms. The average Bonchev–Trinajstić information content (AvgIpc) is 2.56. The first-order valence-corrected chi connectivity index (χ1v) is 10.2. The molecule has 1 N–H and O–H groups in total. The first-order chi connectivity index (χ1) is 12.2. The summed E-state index contributed by atoms with van der Waals surface area (Å²) >= 11 is 6.13. The van der Waals surface area contributed by atoms with Gasteiger partial charge in [-0.3, -0.25) is 14.5 Å². The number of nitrogens with one attached hydrogen (secondary N) is 1. The quantitative estimate of drug-likeness (QED) is 0.870. The number of rotatable bonds is 3. The van der Waals surface area contributed by atoms with Crippen LogP contribution in [-0.2, 0) is 25.8 Å². The predicted molar refractivity (Wildman–Crippen MR) is 100 cm³/mol. The van der Waals surface area contributed by atoms with Crippen LogP contribution in [0.2, 0.25) is 5.02 Å².